The molecule has 1 aromatic carbocycles. The Hall–Kier alpha value is -1.51. The minimum atomic E-state index is -0.717. The number of carboxylic acids is 1. The summed E-state index contributed by atoms with van der Waals surface area (Å²) >= 11 is 0. The third kappa shape index (κ3) is 2.35. The average Bonchev–Trinajstić information content (AvgIpc) is 2.65. The van der Waals surface area contributed by atoms with Crippen molar-refractivity contribution in [2.24, 2.45) is 0 Å². The highest BCUT2D eigenvalue weighted by Crippen LogP contribution is 2.39. The van der Waals surface area contributed by atoms with Crippen LogP contribution in [0.3, 0.4) is 0 Å². The molecule has 0 radical (unpaired) electrons. The van der Waals surface area contributed by atoms with E-state index in [4.69, 9.17) is 4.74 Å². The van der Waals surface area contributed by atoms with Crippen molar-refractivity contribution in [3.8, 4) is 5.75 Å². The van der Waals surface area contributed by atoms with Crippen LogP contribution in [-0.2, 0) is 10.2 Å². The maximum Gasteiger partial charge on any atom is 0.314 e. The van der Waals surface area contributed by atoms with Gasteiger partial charge >= 0.3 is 5.97 Å². The summed E-state index contributed by atoms with van der Waals surface area (Å²) in [5.74, 6) is 0.0371. The van der Waals surface area contributed by atoms with Crippen molar-refractivity contribution in [1.82, 2.24) is 0 Å². The van der Waals surface area contributed by atoms with Crippen LogP contribution < -0.4 is 4.74 Å². The van der Waals surface area contributed by atoms with Crippen molar-refractivity contribution in [3.63, 3.8) is 0 Å². The quantitative estimate of drug-likeness (QED) is 0.834. The highest BCUT2D eigenvalue weighted by molar-refractivity contribution is 5.81. The standard InChI is InChI=1S/C15H20O3/c1-18-13-8-6-7-12(11-13)15(14(16)17)9-4-2-3-5-10-15/h6-8,11H,2-5,9-10H2,1H3,(H,16,17). The van der Waals surface area contributed by atoms with E-state index >= 15 is 0 Å². The van der Waals surface area contributed by atoms with E-state index in [1.54, 1.807) is 7.11 Å². The van der Waals surface area contributed by atoms with Gasteiger partial charge in [-0.1, -0.05) is 37.8 Å². The fourth-order valence-electron chi connectivity index (χ4n) is 2.88. The van der Waals surface area contributed by atoms with Gasteiger partial charge in [0.25, 0.3) is 0 Å². The minimum Gasteiger partial charge on any atom is -0.497 e. The van der Waals surface area contributed by atoms with Crippen LogP contribution in [0.1, 0.15) is 44.1 Å². The maximum absolute atomic E-state index is 11.8. The Kier molecular flexibility index (Phi) is 3.90. The number of benzene rings is 1. The predicted molar refractivity (Wildman–Crippen MR) is 70.0 cm³/mol. The van der Waals surface area contributed by atoms with Gasteiger partial charge in [-0.15, -0.1) is 0 Å². The zero-order valence-corrected chi connectivity index (χ0v) is 10.8. The van der Waals surface area contributed by atoms with E-state index in [0.717, 1.165) is 49.8 Å². The van der Waals surface area contributed by atoms with Gasteiger partial charge in [-0.3, -0.25) is 4.79 Å². The number of methoxy groups -OCH3 is 1. The summed E-state index contributed by atoms with van der Waals surface area (Å²) in [5, 5.41) is 9.69. The predicted octanol–water partition coefficient (Wildman–Crippen LogP) is 3.37. The van der Waals surface area contributed by atoms with Gasteiger partial charge in [-0.25, -0.2) is 0 Å². The molecule has 1 aromatic rings. The molecule has 0 amide bonds. The van der Waals surface area contributed by atoms with Crippen molar-refractivity contribution in [2.45, 2.75) is 43.9 Å². The van der Waals surface area contributed by atoms with Gasteiger partial charge in [0.1, 0.15) is 5.75 Å². The molecule has 1 aliphatic rings. The molecule has 18 heavy (non-hydrogen) atoms. The summed E-state index contributed by atoms with van der Waals surface area (Å²) in [6.07, 6.45) is 5.72. The number of aliphatic carboxylic acids is 1. The second-order valence-corrected chi connectivity index (χ2v) is 5.03. The minimum absolute atomic E-state index is 0.697. The van der Waals surface area contributed by atoms with Gasteiger partial charge in [0.2, 0.25) is 0 Å². The van der Waals surface area contributed by atoms with Crippen LogP contribution in [0.4, 0.5) is 0 Å². The normalized spacial score (nSPS) is 18.9. The first-order chi connectivity index (χ1) is 8.69. The molecule has 3 heteroatoms. The highest BCUT2D eigenvalue weighted by Gasteiger charge is 2.40. The van der Waals surface area contributed by atoms with Crippen LogP contribution in [-0.4, -0.2) is 18.2 Å². The van der Waals surface area contributed by atoms with Crippen molar-refractivity contribution in [3.05, 3.63) is 29.8 Å². The van der Waals surface area contributed by atoms with Crippen LogP contribution >= 0.6 is 0 Å². The Morgan fingerprint density at radius 3 is 2.44 bits per heavy atom. The number of hydrogen-bond acceptors (Lipinski definition) is 2. The lowest BCUT2D eigenvalue weighted by Gasteiger charge is -2.28. The summed E-state index contributed by atoms with van der Waals surface area (Å²) in [6.45, 7) is 0. The molecule has 3 nitrogen and oxygen atoms in total. The van der Waals surface area contributed by atoms with E-state index in [0.29, 0.717) is 0 Å². The molecule has 1 saturated carbocycles. The number of carboxylic acid groups (broad SMARTS) is 1. The molecular weight excluding hydrogens is 228 g/mol. The molecule has 1 aliphatic carbocycles. The number of hydrogen-bond donors (Lipinski definition) is 1. The molecule has 0 heterocycles. The molecule has 98 valence electrons. The summed E-state index contributed by atoms with van der Waals surface area (Å²) < 4.78 is 5.21. The largest absolute Gasteiger partial charge is 0.497 e. The lowest BCUT2D eigenvalue weighted by atomic mass is 9.74. The second kappa shape index (κ2) is 5.42. The summed E-state index contributed by atoms with van der Waals surface area (Å²) in [6, 6.07) is 7.53. The monoisotopic (exact) mass is 248 g/mol. The van der Waals surface area contributed by atoms with Crippen LogP contribution in [0.15, 0.2) is 24.3 Å². The molecule has 0 aliphatic heterocycles. The van der Waals surface area contributed by atoms with Crippen molar-refractivity contribution in [1.29, 1.82) is 0 Å². The van der Waals surface area contributed by atoms with Gasteiger partial charge in [0.15, 0.2) is 0 Å². The van der Waals surface area contributed by atoms with E-state index in [2.05, 4.69) is 0 Å². The average molecular weight is 248 g/mol. The Morgan fingerprint density at radius 2 is 1.89 bits per heavy atom. The first kappa shape index (κ1) is 12.9. The lowest BCUT2D eigenvalue weighted by molar-refractivity contribution is -0.144. The van der Waals surface area contributed by atoms with E-state index < -0.39 is 11.4 Å². The summed E-state index contributed by atoms with van der Waals surface area (Å²) in [4.78, 5) is 11.8. The number of rotatable bonds is 3. The third-order valence-corrected chi connectivity index (χ3v) is 3.99. The van der Waals surface area contributed by atoms with E-state index in [-0.39, 0.29) is 0 Å². The van der Waals surface area contributed by atoms with Crippen LogP contribution in [0.5, 0.6) is 5.75 Å². The highest BCUT2D eigenvalue weighted by atomic mass is 16.5. The Labute approximate surface area is 108 Å². The Balaban J connectivity index is 2.41. The Bertz CT molecular complexity index is 418. The topological polar surface area (TPSA) is 46.5 Å². The molecule has 0 spiro atoms. The molecule has 0 aromatic heterocycles. The number of carbonyl (C=O) groups is 1. The van der Waals surface area contributed by atoms with E-state index in [1.165, 1.54) is 0 Å². The SMILES string of the molecule is COc1cccc(C2(C(=O)O)CCCCCC2)c1. The third-order valence-electron chi connectivity index (χ3n) is 3.99. The van der Waals surface area contributed by atoms with Gasteiger partial charge in [-0.05, 0) is 30.5 Å². The van der Waals surface area contributed by atoms with Crippen LogP contribution in [0, 0.1) is 0 Å². The van der Waals surface area contributed by atoms with Crippen LogP contribution in [0.25, 0.3) is 0 Å². The van der Waals surface area contributed by atoms with Gasteiger partial charge in [0, 0.05) is 0 Å². The fraction of sp³-hybridized carbons (Fsp3) is 0.533. The molecule has 0 bridgehead atoms. The Morgan fingerprint density at radius 1 is 1.22 bits per heavy atom. The molecule has 0 atom stereocenters. The maximum atomic E-state index is 11.8. The zero-order valence-electron chi connectivity index (χ0n) is 10.8. The molecular formula is C15H20O3. The van der Waals surface area contributed by atoms with Gasteiger partial charge in [-0.2, -0.15) is 0 Å². The van der Waals surface area contributed by atoms with Crippen molar-refractivity contribution >= 4 is 5.97 Å². The van der Waals surface area contributed by atoms with Gasteiger partial charge < -0.3 is 9.84 Å². The van der Waals surface area contributed by atoms with E-state index in [1.807, 2.05) is 24.3 Å². The van der Waals surface area contributed by atoms with Crippen LogP contribution in [0.2, 0.25) is 0 Å². The fourth-order valence-corrected chi connectivity index (χ4v) is 2.88. The molecule has 1 N–H and O–H groups in total. The van der Waals surface area contributed by atoms with E-state index in [9.17, 15) is 9.90 Å². The van der Waals surface area contributed by atoms with Gasteiger partial charge in [0.05, 0.1) is 12.5 Å². The summed E-state index contributed by atoms with van der Waals surface area (Å²) in [7, 11) is 1.61. The van der Waals surface area contributed by atoms with Crippen molar-refractivity contribution < 1.29 is 14.6 Å². The van der Waals surface area contributed by atoms with Crippen molar-refractivity contribution in [2.75, 3.05) is 7.11 Å². The molecule has 0 saturated heterocycles. The molecule has 0 unspecified atom stereocenters. The second-order valence-electron chi connectivity index (χ2n) is 5.03. The summed E-state index contributed by atoms with van der Waals surface area (Å²) in [5.41, 5.74) is 0.168. The zero-order chi connectivity index (χ0) is 13.0. The molecule has 1 fully saturated rings. The lowest BCUT2D eigenvalue weighted by Crippen LogP contribution is -2.35. The number of ether oxygens (including phenoxy) is 1. The first-order valence-corrected chi connectivity index (χ1v) is 6.57. The smallest absolute Gasteiger partial charge is 0.314 e. The first-order valence-electron chi connectivity index (χ1n) is 6.57. The molecule has 2 rings (SSSR count).